The molecule has 0 bridgehead atoms. The molecular formula is C24H31N3O2S. The molecule has 0 spiro atoms. The molecule has 1 N–H and O–H groups in total. The maximum Gasteiger partial charge on any atom is 0.241 e. The lowest BCUT2D eigenvalue weighted by Crippen LogP contribution is -2.42. The number of hydrogen-bond donors (Lipinski definition) is 1. The van der Waals surface area contributed by atoms with Crippen molar-refractivity contribution in [3.8, 4) is 0 Å². The van der Waals surface area contributed by atoms with Crippen LogP contribution in [0.15, 0.2) is 41.3 Å². The molecule has 2 aromatic carbocycles. The Morgan fingerprint density at radius 2 is 1.80 bits per heavy atom. The van der Waals surface area contributed by atoms with Crippen molar-refractivity contribution in [2.24, 2.45) is 0 Å². The fraction of sp³-hybridized carbons (Fsp3) is 0.417. The first-order chi connectivity index (χ1) is 14.2. The summed E-state index contributed by atoms with van der Waals surface area (Å²) in [6.07, 6.45) is 0.946. The van der Waals surface area contributed by atoms with E-state index in [4.69, 9.17) is 0 Å². The summed E-state index contributed by atoms with van der Waals surface area (Å²) >= 11 is 1.82. The number of benzene rings is 2. The van der Waals surface area contributed by atoms with Crippen LogP contribution in [0, 0.1) is 20.8 Å². The first-order valence-electron chi connectivity index (χ1n) is 10.4. The number of hydrogen-bond acceptors (Lipinski definition) is 4. The molecule has 0 radical (unpaired) electrons. The van der Waals surface area contributed by atoms with Crippen LogP contribution in [-0.2, 0) is 9.59 Å². The number of thioether (sulfide) groups is 1. The van der Waals surface area contributed by atoms with Gasteiger partial charge in [0.25, 0.3) is 0 Å². The fourth-order valence-corrected chi connectivity index (χ4v) is 5.03. The Hall–Kier alpha value is -2.31. The molecular weight excluding hydrogens is 394 g/mol. The average Bonchev–Trinajstić information content (AvgIpc) is 2.82. The van der Waals surface area contributed by atoms with Crippen molar-refractivity contribution in [3.05, 3.63) is 53.1 Å². The number of fused-ring (bicyclic) bond motifs is 1. The van der Waals surface area contributed by atoms with Gasteiger partial charge in [-0.05, 0) is 57.5 Å². The Morgan fingerprint density at radius 1 is 1.13 bits per heavy atom. The van der Waals surface area contributed by atoms with Crippen molar-refractivity contribution < 1.29 is 9.59 Å². The van der Waals surface area contributed by atoms with Gasteiger partial charge in [-0.3, -0.25) is 14.5 Å². The van der Waals surface area contributed by atoms with E-state index in [2.05, 4.69) is 30.4 Å². The SMILES string of the molecule is Cc1cc(C)c(NC(=O)CN(C)CC(=O)N2CC[C@@H](C)Sc3ccccc32)c(C)c1. The fourth-order valence-electron chi connectivity index (χ4n) is 3.92. The summed E-state index contributed by atoms with van der Waals surface area (Å²) in [6.45, 7) is 9.31. The minimum absolute atomic E-state index is 0.0233. The van der Waals surface area contributed by atoms with Crippen LogP contribution in [0.3, 0.4) is 0 Å². The first-order valence-corrected chi connectivity index (χ1v) is 11.2. The maximum absolute atomic E-state index is 13.1. The molecule has 1 heterocycles. The van der Waals surface area contributed by atoms with Gasteiger partial charge in [0.05, 0.1) is 18.8 Å². The molecule has 0 aliphatic carbocycles. The molecule has 0 fully saturated rings. The van der Waals surface area contributed by atoms with Crippen LogP contribution in [0.2, 0.25) is 0 Å². The normalized spacial score (nSPS) is 16.2. The topological polar surface area (TPSA) is 52.7 Å². The van der Waals surface area contributed by atoms with Gasteiger partial charge >= 0.3 is 0 Å². The quantitative estimate of drug-likeness (QED) is 0.771. The van der Waals surface area contributed by atoms with E-state index in [-0.39, 0.29) is 24.9 Å². The molecule has 2 aromatic rings. The summed E-state index contributed by atoms with van der Waals surface area (Å²) in [4.78, 5) is 30.4. The van der Waals surface area contributed by atoms with E-state index >= 15 is 0 Å². The van der Waals surface area contributed by atoms with Crippen molar-refractivity contribution in [3.63, 3.8) is 0 Å². The first kappa shape index (κ1) is 22.4. The Bertz CT molecular complexity index is 921. The number of amides is 2. The zero-order chi connectivity index (χ0) is 21.8. The van der Waals surface area contributed by atoms with Gasteiger partial charge < -0.3 is 10.2 Å². The number of anilines is 2. The van der Waals surface area contributed by atoms with Gasteiger partial charge in [-0.15, -0.1) is 11.8 Å². The van der Waals surface area contributed by atoms with Crippen LogP contribution < -0.4 is 10.2 Å². The molecule has 0 saturated heterocycles. The molecule has 30 heavy (non-hydrogen) atoms. The molecule has 6 heteroatoms. The van der Waals surface area contributed by atoms with Crippen molar-refractivity contribution >= 4 is 35.0 Å². The Kier molecular flexibility index (Phi) is 7.21. The van der Waals surface area contributed by atoms with Gasteiger partial charge in [0.15, 0.2) is 0 Å². The van der Waals surface area contributed by atoms with Crippen LogP contribution >= 0.6 is 11.8 Å². The molecule has 1 aliphatic heterocycles. The van der Waals surface area contributed by atoms with Gasteiger partial charge in [0, 0.05) is 22.4 Å². The molecule has 2 amide bonds. The second kappa shape index (κ2) is 9.67. The lowest BCUT2D eigenvalue weighted by molar-refractivity contribution is -0.121. The van der Waals surface area contributed by atoms with Crippen LogP contribution in [0.1, 0.15) is 30.0 Å². The van der Waals surface area contributed by atoms with E-state index in [0.29, 0.717) is 11.8 Å². The summed E-state index contributed by atoms with van der Waals surface area (Å²) < 4.78 is 0. The Balaban J connectivity index is 1.63. The van der Waals surface area contributed by atoms with Gasteiger partial charge in [-0.2, -0.15) is 0 Å². The smallest absolute Gasteiger partial charge is 0.241 e. The lowest BCUT2D eigenvalue weighted by Gasteiger charge is -2.25. The van der Waals surface area contributed by atoms with Crippen molar-refractivity contribution in [2.75, 3.05) is 36.9 Å². The Morgan fingerprint density at radius 3 is 2.50 bits per heavy atom. The number of carbonyl (C=O) groups excluding carboxylic acids is 2. The zero-order valence-corrected chi connectivity index (χ0v) is 19.3. The molecule has 0 aromatic heterocycles. The third kappa shape index (κ3) is 5.43. The third-order valence-corrected chi connectivity index (χ3v) is 6.54. The predicted octanol–water partition coefficient (Wildman–Crippen LogP) is 4.40. The summed E-state index contributed by atoms with van der Waals surface area (Å²) in [5.41, 5.74) is 5.11. The highest BCUT2D eigenvalue weighted by atomic mass is 32.2. The molecule has 5 nitrogen and oxygen atoms in total. The minimum Gasteiger partial charge on any atom is -0.324 e. The number of nitrogens with zero attached hydrogens (tertiary/aromatic N) is 2. The number of nitrogens with one attached hydrogen (secondary N) is 1. The van der Waals surface area contributed by atoms with E-state index < -0.39 is 0 Å². The average molecular weight is 426 g/mol. The Labute approximate surface area is 183 Å². The highest BCUT2D eigenvalue weighted by molar-refractivity contribution is 8.00. The lowest BCUT2D eigenvalue weighted by atomic mass is 10.1. The largest absolute Gasteiger partial charge is 0.324 e. The van der Waals surface area contributed by atoms with Crippen LogP contribution in [0.5, 0.6) is 0 Å². The van der Waals surface area contributed by atoms with Crippen molar-refractivity contribution in [1.82, 2.24) is 4.90 Å². The highest BCUT2D eigenvalue weighted by Gasteiger charge is 2.25. The maximum atomic E-state index is 13.1. The second-order valence-corrected chi connectivity index (χ2v) is 9.70. The second-order valence-electron chi connectivity index (χ2n) is 8.22. The van der Waals surface area contributed by atoms with Gasteiger partial charge in [-0.1, -0.05) is 36.8 Å². The van der Waals surface area contributed by atoms with Gasteiger partial charge in [-0.25, -0.2) is 0 Å². The molecule has 0 unspecified atom stereocenters. The van der Waals surface area contributed by atoms with E-state index in [1.54, 1.807) is 4.90 Å². The number of rotatable bonds is 5. The number of likely N-dealkylation sites (N-methyl/N-ethyl adjacent to an activating group) is 1. The van der Waals surface area contributed by atoms with Gasteiger partial charge in [0.2, 0.25) is 11.8 Å². The van der Waals surface area contributed by atoms with E-state index in [0.717, 1.165) is 33.8 Å². The minimum atomic E-state index is -0.110. The highest BCUT2D eigenvalue weighted by Crippen LogP contribution is 2.37. The summed E-state index contributed by atoms with van der Waals surface area (Å²) in [5, 5.41) is 3.48. The van der Waals surface area contributed by atoms with Gasteiger partial charge in [0.1, 0.15) is 0 Å². The van der Waals surface area contributed by atoms with E-state index in [9.17, 15) is 9.59 Å². The van der Waals surface area contributed by atoms with Crippen LogP contribution in [0.4, 0.5) is 11.4 Å². The molecule has 0 saturated carbocycles. The summed E-state index contributed by atoms with van der Waals surface area (Å²) in [6, 6.07) is 12.2. The van der Waals surface area contributed by atoms with Crippen LogP contribution in [0.25, 0.3) is 0 Å². The molecule has 1 aliphatic rings. The number of carbonyl (C=O) groups is 2. The molecule has 160 valence electrons. The monoisotopic (exact) mass is 425 g/mol. The van der Waals surface area contributed by atoms with Crippen molar-refractivity contribution in [2.45, 2.75) is 44.3 Å². The third-order valence-electron chi connectivity index (χ3n) is 5.30. The number of para-hydroxylation sites is 1. The van der Waals surface area contributed by atoms with Crippen molar-refractivity contribution in [1.29, 1.82) is 0 Å². The van der Waals surface area contributed by atoms with Crippen LogP contribution in [-0.4, -0.2) is 48.6 Å². The predicted molar refractivity (Wildman–Crippen MR) is 126 cm³/mol. The molecule has 3 rings (SSSR count). The van der Waals surface area contributed by atoms with E-state index in [1.165, 1.54) is 5.56 Å². The van der Waals surface area contributed by atoms with E-state index in [1.807, 2.05) is 62.7 Å². The number of aryl methyl sites for hydroxylation is 3. The summed E-state index contributed by atoms with van der Waals surface area (Å²) in [5.74, 6) is -0.0871. The zero-order valence-electron chi connectivity index (χ0n) is 18.5. The standard InChI is InChI=1S/C24H31N3O2S/c1-16-12-17(2)24(18(3)13-16)25-22(28)14-26(5)15-23(29)27-11-10-19(4)30-21-9-7-6-8-20(21)27/h6-9,12-13,19H,10-11,14-15H2,1-5H3,(H,25,28)/t19-/m1/s1. The molecule has 1 atom stereocenters. The summed E-state index contributed by atoms with van der Waals surface area (Å²) in [7, 11) is 1.81.